The van der Waals surface area contributed by atoms with Gasteiger partial charge in [-0.15, -0.1) is 11.3 Å². The van der Waals surface area contributed by atoms with Gasteiger partial charge in [-0.1, -0.05) is 17.7 Å². The van der Waals surface area contributed by atoms with Crippen LogP contribution in [-0.2, 0) is 0 Å². The number of anilines is 2. The van der Waals surface area contributed by atoms with E-state index in [1.165, 1.54) is 17.4 Å². The number of pyridine rings is 1. The van der Waals surface area contributed by atoms with E-state index in [0.29, 0.717) is 21.9 Å². The Morgan fingerprint density at radius 3 is 2.89 bits per heavy atom. The summed E-state index contributed by atoms with van der Waals surface area (Å²) >= 11 is 7.44. The molecule has 6 nitrogen and oxygen atoms in total. The number of fused-ring (bicyclic) bond motifs is 1. The summed E-state index contributed by atoms with van der Waals surface area (Å²) in [5.41, 5.74) is 2.90. The van der Waals surface area contributed by atoms with Crippen LogP contribution < -0.4 is 10.6 Å². The number of carbonyl (C=O) groups is 1. The molecule has 2 N–H and O–H groups in total. The van der Waals surface area contributed by atoms with Gasteiger partial charge in [-0.25, -0.2) is 14.1 Å². The van der Waals surface area contributed by atoms with Gasteiger partial charge < -0.3 is 10.6 Å². The molecule has 0 saturated carbocycles. The van der Waals surface area contributed by atoms with E-state index < -0.39 is 5.82 Å². The molecule has 0 unspecified atom stereocenters. The van der Waals surface area contributed by atoms with Crippen molar-refractivity contribution in [3.8, 4) is 5.69 Å². The lowest BCUT2D eigenvalue weighted by molar-refractivity contribution is 0.0967. The molecule has 4 aromatic rings. The summed E-state index contributed by atoms with van der Waals surface area (Å²) in [7, 11) is 1.59. The Labute approximate surface area is 169 Å². The molecular weight excluding hydrogens is 400 g/mol. The first kappa shape index (κ1) is 18.4. The van der Waals surface area contributed by atoms with Crippen LogP contribution in [0, 0.1) is 12.7 Å². The van der Waals surface area contributed by atoms with Crippen LogP contribution in [0.1, 0.15) is 15.4 Å². The summed E-state index contributed by atoms with van der Waals surface area (Å²) in [6, 6.07) is 8.12. The van der Waals surface area contributed by atoms with Crippen molar-refractivity contribution in [1.82, 2.24) is 20.1 Å². The molecule has 0 aliphatic carbocycles. The molecule has 3 aromatic heterocycles. The molecule has 1 amide bonds. The van der Waals surface area contributed by atoms with Crippen LogP contribution in [0.25, 0.3) is 16.7 Å². The van der Waals surface area contributed by atoms with E-state index >= 15 is 0 Å². The Hall–Kier alpha value is -2.97. The van der Waals surface area contributed by atoms with E-state index in [1.54, 1.807) is 36.1 Å². The van der Waals surface area contributed by atoms with Crippen LogP contribution in [0.3, 0.4) is 0 Å². The molecule has 0 spiro atoms. The standard InChI is InChI=1S/C19H15ClFN5OS/c1-10-15(25-17-13(20)4-3-5-14(17)21)6-11-8-23-26(18(11)24-10)12-7-16(28-9-12)19(27)22-2/h3-9,25H,1-2H3,(H,22,27)/i21-1. The van der Waals surface area contributed by atoms with Crippen LogP contribution in [0.4, 0.5) is 15.8 Å². The van der Waals surface area contributed by atoms with Crippen LogP contribution in [0.5, 0.6) is 0 Å². The van der Waals surface area contributed by atoms with E-state index in [4.69, 9.17) is 11.6 Å². The predicted octanol–water partition coefficient (Wildman–Crippen LogP) is 4.69. The number of nitrogens with one attached hydrogen (secondary N) is 2. The minimum Gasteiger partial charge on any atom is -0.354 e. The fourth-order valence-electron chi connectivity index (χ4n) is 2.79. The number of thiophene rings is 1. The first-order valence-corrected chi connectivity index (χ1v) is 9.61. The van der Waals surface area contributed by atoms with E-state index in [-0.39, 0.29) is 16.6 Å². The number of halogens is 2. The highest BCUT2D eigenvalue weighted by atomic mass is 35.5. The second-order valence-corrected chi connectivity index (χ2v) is 7.38. The van der Waals surface area contributed by atoms with Gasteiger partial charge in [-0.05, 0) is 31.2 Å². The fraction of sp³-hybridized carbons (Fsp3) is 0.105. The molecule has 142 valence electrons. The zero-order valence-corrected chi connectivity index (χ0v) is 16.5. The molecule has 0 atom stereocenters. The molecule has 1 aromatic carbocycles. The minimum atomic E-state index is -0.442. The zero-order chi connectivity index (χ0) is 19.8. The second-order valence-electron chi connectivity index (χ2n) is 6.06. The SMILES string of the molecule is CNC(=O)c1cc(-n2ncc3cc(Nc4c([18F])cccc4Cl)c(C)nc32)cs1. The van der Waals surface area contributed by atoms with E-state index in [1.807, 2.05) is 18.4 Å². The van der Waals surface area contributed by atoms with Gasteiger partial charge >= 0.3 is 0 Å². The highest BCUT2D eigenvalue weighted by molar-refractivity contribution is 7.12. The predicted molar refractivity (Wildman–Crippen MR) is 110 cm³/mol. The number of hydrogen-bond acceptors (Lipinski definition) is 5. The molecule has 28 heavy (non-hydrogen) atoms. The first-order chi connectivity index (χ1) is 13.5. The van der Waals surface area contributed by atoms with E-state index in [0.717, 1.165) is 11.1 Å². The Balaban J connectivity index is 1.73. The lowest BCUT2D eigenvalue weighted by atomic mass is 10.2. The quantitative estimate of drug-likeness (QED) is 0.508. The fourth-order valence-corrected chi connectivity index (χ4v) is 3.82. The minimum absolute atomic E-state index is 0.148. The number of benzene rings is 1. The van der Waals surface area contributed by atoms with Crippen LogP contribution in [0.2, 0.25) is 5.02 Å². The number of rotatable bonds is 4. The Bertz CT molecular complexity index is 1180. The molecule has 0 aliphatic heterocycles. The van der Waals surface area contributed by atoms with Crippen molar-refractivity contribution in [1.29, 1.82) is 0 Å². The normalized spacial score (nSPS) is 11.0. The monoisotopic (exact) mass is 414 g/mol. The van der Waals surface area contributed by atoms with E-state index in [2.05, 4.69) is 20.7 Å². The summed E-state index contributed by atoms with van der Waals surface area (Å²) in [5.74, 6) is -0.590. The largest absolute Gasteiger partial charge is 0.354 e. The van der Waals surface area contributed by atoms with Crippen molar-refractivity contribution < 1.29 is 9.18 Å². The number of hydrogen-bond donors (Lipinski definition) is 2. The summed E-state index contributed by atoms with van der Waals surface area (Å²) in [6.45, 7) is 1.82. The maximum atomic E-state index is 14.1. The number of carbonyl (C=O) groups excluding carboxylic acids is 1. The summed E-state index contributed by atoms with van der Waals surface area (Å²) in [4.78, 5) is 17.0. The maximum absolute atomic E-state index is 14.1. The first-order valence-electron chi connectivity index (χ1n) is 8.35. The lowest BCUT2D eigenvalue weighted by Gasteiger charge is -2.12. The maximum Gasteiger partial charge on any atom is 0.261 e. The van der Waals surface area contributed by atoms with Crippen molar-refractivity contribution in [3.05, 3.63) is 63.3 Å². The number of para-hydroxylation sites is 1. The molecule has 3 heterocycles. The number of nitrogens with zero attached hydrogens (tertiary/aromatic N) is 3. The molecule has 0 radical (unpaired) electrons. The van der Waals surface area contributed by atoms with Crippen molar-refractivity contribution in [3.63, 3.8) is 0 Å². The Morgan fingerprint density at radius 2 is 2.14 bits per heavy atom. The molecule has 4 rings (SSSR count). The molecule has 0 bridgehead atoms. The van der Waals surface area contributed by atoms with Crippen LogP contribution >= 0.6 is 22.9 Å². The smallest absolute Gasteiger partial charge is 0.261 e. The number of aromatic nitrogens is 3. The van der Waals surface area contributed by atoms with Gasteiger partial charge in [0.1, 0.15) is 5.82 Å². The number of amides is 1. The summed E-state index contributed by atoms with van der Waals surface area (Å²) in [5, 5.41) is 12.9. The third-order valence-electron chi connectivity index (χ3n) is 4.24. The van der Waals surface area contributed by atoms with Gasteiger partial charge in [0.25, 0.3) is 5.91 Å². The van der Waals surface area contributed by atoms with Crippen molar-refractivity contribution >= 4 is 51.3 Å². The van der Waals surface area contributed by atoms with Crippen molar-refractivity contribution in [2.45, 2.75) is 6.92 Å². The lowest BCUT2D eigenvalue weighted by Crippen LogP contribution is -2.16. The third-order valence-corrected chi connectivity index (χ3v) is 5.47. The van der Waals surface area contributed by atoms with Crippen molar-refractivity contribution in [2.75, 3.05) is 12.4 Å². The topological polar surface area (TPSA) is 71.8 Å². The Kier molecular flexibility index (Phi) is 4.74. The van der Waals surface area contributed by atoms with Gasteiger partial charge in [-0.3, -0.25) is 4.79 Å². The Morgan fingerprint density at radius 1 is 1.32 bits per heavy atom. The third kappa shape index (κ3) is 3.21. The molecule has 9 heteroatoms. The van der Waals surface area contributed by atoms with Crippen molar-refractivity contribution in [2.24, 2.45) is 0 Å². The van der Waals surface area contributed by atoms with Gasteiger partial charge in [0.2, 0.25) is 0 Å². The number of aryl methyl sites for hydroxylation is 1. The average molecular weight is 415 g/mol. The molecule has 0 fully saturated rings. The zero-order valence-electron chi connectivity index (χ0n) is 15.0. The van der Waals surface area contributed by atoms with Gasteiger partial charge in [-0.2, -0.15) is 5.10 Å². The highest BCUT2D eigenvalue weighted by Crippen LogP contribution is 2.31. The molecule has 0 saturated heterocycles. The summed E-state index contributed by atoms with van der Waals surface area (Å²) in [6.07, 6.45) is 1.67. The highest BCUT2D eigenvalue weighted by Gasteiger charge is 2.15. The van der Waals surface area contributed by atoms with Crippen LogP contribution in [0.15, 0.2) is 41.9 Å². The summed E-state index contributed by atoms with van der Waals surface area (Å²) < 4.78 is 15.8. The van der Waals surface area contributed by atoms with Gasteiger partial charge in [0.05, 0.1) is 38.9 Å². The molecular formula is C19H15ClFN5OS. The van der Waals surface area contributed by atoms with Gasteiger partial charge in [0, 0.05) is 17.8 Å². The van der Waals surface area contributed by atoms with Gasteiger partial charge in [0.15, 0.2) is 5.65 Å². The van der Waals surface area contributed by atoms with E-state index in [9.17, 15) is 9.18 Å². The second kappa shape index (κ2) is 7.21. The average Bonchev–Trinajstić information content (AvgIpc) is 3.31. The van der Waals surface area contributed by atoms with Crippen LogP contribution in [-0.4, -0.2) is 27.7 Å². The molecule has 0 aliphatic rings.